The molecule has 0 saturated carbocycles. The number of nitrogens with two attached hydrogens (primary N) is 1. The molecule has 0 heterocycles. The molecule has 0 unspecified atom stereocenters. The maximum Gasteiger partial charge on any atom is 0.127 e. The normalized spacial score (nSPS) is 10.1. The van der Waals surface area contributed by atoms with E-state index in [0.717, 1.165) is 0 Å². The van der Waals surface area contributed by atoms with Gasteiger partial charge in [0, 0.05) is 11.1 Å². The van der Waals surface area contributed by atoms with Crippen molar-refractivity contribution in [2.75, 3.05) is 7.11 Å². The fourth-order valence-corrected chi connectivity index (χ4v) is 1.17. The first-order valence-electron chi connectivity index (χ1n) is 3.87. The fourth-order valence-electron chi connectivity index (χ4n) is 1.17. The third kappa shape index (κ3) is 1.91. The highest BCUT2D eigenvalue weighted by atomic mass is 16.6. The van der Waals surface area contributed by atoms with Gasteiger partial charge >= 0.3 is 0 Å². The van der Waals surface area contributed by atoms with Crippen LogP contribution in [-0.2, 0) is 11.4 Å². The van der Waals surface area contributed by atoms with Crippen LogP contribution in [0.3, 0.4) is 0 Å². The number of rotatable bonds is 3. The Morgan fingerprint density at radius 3 is 2.69 bits per heavy atom. The molecule has 0 saturated heterocycles. The van der Waals surface area contributed by atoms with E-state index in [-0.39, 0.29) is 12.4 Å². The molecule has 0 atom stereocenters. The van der Waals surface area contributed by atoms with Crippen molar-refractivity contribution in [3.63, 3.8) is 0 Å². The lowest BCUT2D eigenvalue weighted by Crippen LogP contribution is -2.00. The molecular weight excluding hydrogens is 170 g/mol. The minimum Gasteiger partial charge on any atom is -0.507 e. The van der Waals surface area contributed by atoms with E-state index in [2.05, 4.69) is 4.84 Å². The van der Waals surface area contributed by atoms with Crippen LogP contribution in [0.15, 0.2) is 12.1 Å². The molecule has 4 nitrogen and oxygen atoms in total. The molecule has 0 amide bonds. The number of benzene rings is 1. The van der Waals surface area contributed by atoms with Gasteiger partial charge in [-0.25, -0.2) is 5.90 Å². The summed E-state index contributed by atoms with van der Waals surface area (Å²) in [6, 6.07) is 3.48. The quantitative estimate of drug-likeness (QED) is 0.689. The van der Waals surface area contributed by atoms with Gasteiger partial charge in [0.2, 0.25) is 0 Å². The van der Waals surface area contributed by atoms with E-state index in [9.17, 15) is 5.11 Å². The summed E-state index contributed by atoms with van der Waals surface area (Å²) in [6.07, 6.45) is 0. The maximum atomic E-state index is 9.63. The van der Waals surface area contributed by atoms with Crippen LogP contribution in [0.5, 0.6) is 11.5 Å². The lowest BCUT2D eigenvalue weighted by Gasteiger charge is -2.09. The first kappa shape index (κ1) is 9.83. The summed E-state index contributed by atoms with van der Waals surface area (Å²) in [6.45, 7) is 1.96. The number of phenols is 1. The molecule has 0 aromatic heterocycles. The molecule has 0 bridgehead atoms. The molecular formula is C9H13NO3. The van der Waals surface area contributed by atoms with Gasteiger partial charge in [0.25, 0.3) is 0 Å². The minimum atomic E-state index is 0.171. The van der Waals surface area contributed by atoms with Crippen LogP contribution in [0.2, 0.25) is 0 Å². The van der Waals surface area contributed by atoms with Crippen molar-refractivity contribution >= 4 is 0 Å². The zero-order valence-electron chi connectivity index (χ0n) is 7.70. The highest BCUT2D eigenvalue weighted by Gasteiger charge is 2.08. The number of hydrogen-bond donors (Lipinski definition) is 2. The highest BCUT2D eigenvalue weighted by Crippen LogP contribution is 2.30. The molecule has 0 aliphatic carbocycles. The lowest BCUT2D eigenvalue weighted by atomic mass is 10.1. The Kier molecular flexibility index (Phi) is 3.11. The molecule has 0 aliphatic heterocycles. The Labute approximate surface area is 76.8 Å². The van der Waals surface area contributed by atoms with E-state index in [1.165, 1.54) is 0 Å². The Morgan fingerprint density at radius 2 is 2.15 bits per heavy atom. The molecule has 13 heavy (non-hydrogen) atoms. The van der Waals surface area contributed by atoms with Crippen molar-refractivity contribution in [3.8, 4) is 11.5 Å². The largest absolute Gasteiger partial charge is 0.507 e. The van der Waals surface area contributed by atoms with E-state index < -0.39 is 0 Å². The van der Waals surface area contributed by atoms with Crippen molar-refractivity contribution in [1.82, 2.24) is 0 Å². The zero-order valence-corrected chi connectivity index (χ0v) is 7.70. The molecule has 72 valence electrons. The van der Waals surface area contributed by atoms with Gasteiger partial charge in [-0.05, 0) is 19.1 Å². The average Bonchev–Trinajstić information content (AvgIpc) is 2.14. The molecule has 1 rings (SSSR count). The third-order valence-electron chi connectivity index (χ3n) is 1.92. The van der Waals surface area contributed by atoms with Crippen molar-refractivity contribution in [3.05, 3.63) is 23.3 Å². The van der Waals surface area contributed by atoms with Crippen molar-refractivity contribution in [1.29, 1.82) is 0 Å². The van der Waals surface area contributed by atoms with Gasteiger partial charge in [-0.1, -0.05) is 0 Å². The number of phenolic OH excluding ortho intramolecular Hbond substituents is 1. The Morgan fingerprint density at radius 1 is 1.46 bits per heavy atom. The minimum absolute atomic E-state index is 0.171. The Bertz CT molecular complexity index is 299. The van der Waals surface area contributed by atoms with Gasteiger partial charge in [-0.3, -0.25) is 4.84 Å². The molecule has 0 fully saturated rings. The van der Waals surface area contributed by atoms with Crippen LogP contribution in [0.4, 0.5) is 0 Å². The summed E-state index contributed by atoms with van der Waals surface area (Å²) in [4.78, 5) is 4.44. The van der Waals surface area contributed by atoms with Crippen LogP contribution in [0.25, 0.3) is 0 Å². The van der Waals surface area contributed by atoms with Gasteiger partial charge in [-0.15, -0.1) is 0 Å². The van der Waals surface area contributed by atoms with Gasteiger partial charge in [0.15, 0.2) is 0 Å². The monoisotopic (exact) mass is 183 g/mol. The molecule has 1 aromatic carbocycles. The van der Waals surface area contributed by atoms with E-state index in [1.54, 1.807) is 26.2 Å². The molecule has 0 aliphatic rings. The molecule has 1 aromatic rings. The van der Waals surface area contributed by atoms with Crippen molar-refractivity contribution in [2.45, 2.75) is 13.5 Å². The second kappa shape index (κ2) is 4.11. The van der Waals surface area contributed by atoms with Crippen LogP contribution in [-0.4, -0.2) is 12.2 Å². The smallest absolute Gasteiger partial charge is 0.127 e. The summed E-state index contributed by atoms with van der Waals surface area (Å²) in [5, 5.41) is 9.63. The van der Waals surface area contributed by atoms with Crippen LogP contribution in [0.1, 0.15) is 11.1 Å². The zero-order chi connectivity index (χ0) is 9.84. The number of aromatic hydroxyl groups is 1. The summed E-state index contributed by atoms with van der Waals surface area (Å²) < 4.78 is 5.03. The Balaban J connectivity index is 3.07. The molecule has 0 radical (unpaired) electrons. The Hall–Kier alpha value is -1.26. The number of methoxy groups -OCH3 is 1. The number of ether oxygens (including phenoxy) is 1. The summed E-state index contributed by atoms with van der Waals surface area (Å²) in [5.74, 6) is 5.73. The first-order chi connectivity index (χ1) is 6.20. The summed E-state index contributed by atoms with van der Waals surface area (Å²) in [7, 11) is 1.56. The molecule has 3 N–H and O–H groups in total. The summed E-state index contributed by atoms with van der Waals surface area (Å²) in [5.41, 5.74) is 1.35. The SMILES string of the molecule is COc1ccc(CON)c(O)c1C. The van der Waals surface area contributed by atoms with Crippen LogP contribution < -0.4 is 10.6 Å². The van der Waals surface area contributed by atoms with Gasteiger partial charge in [0.05, 0.1) is 13.7 Å². The summed E-state index contributed by atoms with van der Waals surface area (Å²) >= 11 is 0. The van der Waals surface area contributed by atoms with Crippen LogP contribution in [0, 0.1) is 6.92 Å². The molecule has 4 heteroatoms. The first-order valence-corrected chi connectivity index (χ1v) is 3.87. The fraction of sp³-hybridized carbons (Fsp3) is 0.333. The second-order valence-electron chi connectivity index (χ2n) is 2.71. The van der Waals surface area contributed by atoms with Gasteiger partial charge in [-0.2, -0.15) is 0 Å². The van der Waals surface area contributed by atoms with E-state index in [4.69, 9.17) is 10.6 Å². The maximum absolute atomic E-state index is 9.63. The topological polar surface area (TPSA) is 64.7 Å². The van der Waals surface area contributed by atoms with Crippen LogP contribution >= 0.6 is 0 Å². The van der Waals surface area contributed by atoms with E-state index >= 15 is 0 Å². The van der Waals surface area contributed by atoms with Crippen molar-refractivity contribution < 1.29 is 14.7 Å². The van der Waals surface area contributed by atoms with Gasteiger partial charge < -0.3 is 9.84 Å². The average molecular weight is 183 g/mol. The van der Waals surface area contributed by atoms with Crippen molar-refractivity contribution in [2.24, 2.45) is 5.90 Å². The number of hydrogen-bond acceptors (Lipinski definition) is 4. The predicted octanol–water partition coefficient (Wildman–Crippen LogP) is 1.10. The van der Waals surface area contributed by atoms with Gasteiger partial charge in [0.1, 0.15) is 11.5 Å². The lowest BCUT2D eigenvalue weighted by molar-refractivity contribution is 0.122. The standard InChI is InChI=1S/C9H13NO3/c1-6-8(12-2)4-3-7(5-13-10)9(6)11/h3-4,11H,5,10H2,1-2H3. The molecule has 0 spiro atoms. The van der Waals surface area contributed by atoms with E-state index in [1.807, 2.05) is 0 Å². The second-order valence-corrected chi connectivity index (χ2v) is 2.71. The highest BCUT2D eigenvalue weighted by molar-refractivity contribution is 5.48. The third-order valence-corrected chi connectivity index (χ3v) is 1.92. The van der Waals surface area contributed by atoms with E-state index in [0.29, 0.717) is 16.9 Å². The predicted molar refractivity (Wildman–Crippen MR) is 48.4 cm³/mol.